The first-order valence-corrected chi connectivity index (χ1v) is 14.4. The molecule has 0 bridgehead atoms. The summed E-state index contributed by atoms with van der Waals surface area (Å²) in [6, 6.07) is 0.305. The van der Waals surface area contributed by atoms with Crippen molar-refractivity contribution >= 4 is 0 Å². The minimum Gasteiger partial charge on any atom is -0.348 e. The highest BCUT2D eigenvalue weighted by Crippen LogP contribution is 2.72. The van der Waals surface area contributed by atoms with Crippen LogP contribution < -0.4 is 0 Å². The molecule has 33 heavy (non-hydrogen) atoms. The SMILES string of the molecule is C=CN(/C=C\C)C(C)C(=C)C1(C)CCC2C3CCC4CC(CCC)CCC4(C)C3CCC21C. The third kappa shape index (κ3) is 3.79. The van der Waals surface area contributed by atoms with Gasteiger partial charge in [-0.05, 0) is 135 Å². The lowest BCUT2D eigenvalue weighted by molar-refractivity contribution is -0.125. The van der Waals surface area contributed by atoms with Crippen LogP contribution in [-0.2, 0) is 0 Å². The van der Waals surface area contributed by atoms with Crippen LogP contribution in [0.2, 0.25) is 0 Å². The van der Waals surface area contributed by atoms with Crippen LogP contribution >= 0.6 is 0 Å². The average Bonchev–Trinajstić information content (AvgIpc) is 3.08. The summed E-state index contributed by atoms with van der Waals surface area (Å²) in [4.78, 5) is 2.26. The second-order valence-electron chi connectivity index (χ2n) is 13.2. The topological polar surface area (TPSA) is 3.24 Å². The largest absolute Gasteiger partial charge is 0.348 e. The molecule has 4 saturated carbocycles. The summed E-state index contributed by atoms with van der Waals surface area (Å²) in [6.45, 7) is 23.6. The molecular formula is C32H53N. The zero-order valence-electron chi connectivity index (χ0n) is 22.8. The van der Waals surface area contributed by atoms with Crippen LogP contribution in [0.1, 0.15) is 112 Å². The number of nitrogens with zero attached hydrogens (tertiary/aromatic N) is 1. The molecule has 1 nitrogen and oxygen atoms in total. The quantitative estimate of drug-likeness (QED) is 0.348. The zero-order valence-corrected chi connectivity index (χ0v) is 22.8. The van der Waals surface area contributed by atoms with Gasteiger partial charge in [-0.3, -0.25) is 0 Å². The van der Waals surface area contributed by atoms with E-state index >= 15 is 0 Å². The molecule has 4 fully saturated rings. The van der Waals surface area contributed by atoms with Gasteiger partial charge < -0.3 is 4.90 Å². The molecule has 0 amide bonds. The van der Waals surface area contributed by atoms with Crippen LogP contribution in [0.4, 0.5) is 0 Å². The van der Waals surface area contributed by atoms with Crippen LogP contribution in [0.3, 0.4) is 0 Å². The Kier molecular flexibility index (Phi) is 7.03. The lowest BCUT2D eigenvalue weighted by atomic mass is 9.42. The molecule has 0 heterocycles. The van der Waals surface area contributed by atoms with E-state index in [1.165, 1.54) is 76.2 Å². The highest BCUT2D eigenvalue weighted by molar-refractivity contribution is 5.27. The molecule has 0 spiro atoms. The molecule has 0 aromatic heterocycles. The highest BCUT2D eigenvalue weighted by Gasteiger charge is 2.64. The fraction of sp³-hybridized carbons (Fsp3) is 0.812. The van der Waals surface area contributed by atoms with Gasteiger partial charge in [0.25, 0.3) is 0 Å². The minimum atomic E-state index is 0.224. The second kappa shape index (κ2) is 9.23. The summed E-state index contributed by atoms with van der Waals surface area (Å²) in [5, 5.41) is 0. The van der Waals surface area contributed by atoms with Gasteiger partial charge >= 0.3 is 0 Å². The van der Waals surface area contributed by atoms with Crippen molar-refractivity contribution in [2.45, 2.75) is 118 Å². The Morgan fingerprint density at radius 1 is 1.03 bits per heavy atom. The Balaban J connectivity index is 1.55. The Labute approximate surface area is 206 Å². The van der Waals surface area contributed by atoms with Gasteiger partial charge in [-0.15, -0.1) is 0 Å². The van der Waals surface area contributed by atoms with Crippen LogP contribution in [0.5, 0.6) is 0 Å². The molecule has 9 atom stereocenters. The first-order chi connectivity index (χ1) is 15.7. The summed E-state index contributed by atoms with van der Waals surface area (Å²) in [5.41, 5.74) is 2.67. The van der Waals surface area contributed by atoms with Gasteiger partial charge in [-0.1, -0.05) is 59.8 Å². The Morgan fingerprint density at radius 2 is 1.76 bits per heavy atom. The van der Waals surface area contributed by atoms with Crippen molar-refractivity contribution < 1.29 is 0 Å². The molecule has 0 aromatic rings. The molecule has 1 heteroatoms. The normalized spacial score (nSPS) is 45.7. The van der Waals surface area contributed by atoms with Gasteiger partial charge in [0.05, 0.1) is 6.04 Å². The fourth-order valence-electron chi connectivity index (χ4n) is 9.97. The van der Waals surface area contributed by atoms with Gasteiger partial charge in [0, 0.05) is 0 Å². The second-order valence-corrected chi connectivity index (χ2v) is 13.2. The molecule has 4 rings (SSSR count). The number of hydrogen-bond donors (Lipinski definition) is 0. The number of hydrogen-bond acceptors (Lipinski definition) is 1. The van der Waals surface area contributed by atoms with E-state index in [9.17, 15) is 0 Å². The minimum absolute atomic E-state index is 0.224. The van der Waals surface area contributed by atoms with Gasteiger partial charge in [-0.2, -0.15) is 0 Å². The Bertz CT molecular complexity index is 764. The molecular weight excluding hydrogens is 398 g/mol. The van der Waals surface area contributed by atoms with Gasteiger partial charge in [0.1, 0.15) is 0 Å². The van der Waals surface area contributed by atoms with E-state index in [1.807, 2.05) is 6.20 Å². The Hall–Kier alpha value is -0.980. The maximum atomic E-state index is 4.78. The van der Waals surface area contributed by atoms with Crippen LogP contribution in [-0.4, -0.2) is 10.9 Å². The van der Waals surface area contributed by atoms with E-state index in [4.69, 9.17) is 6.58 Å². The molecule has 0 aliphatic heterocycles. The third-order valence-electron chi connectivity index (χ3n) is 12.3. The molecule has 9 unspecified atom stereocenters. The van der Waals surface area contributed by atoms with Gasteiger partial charge in [0.2, 0.25) is 0 Å². The summed E-state index contributed by atoms with van der Waals surface area (Å²) >= 11 is 0. The molecule has 0 N–H and O–H groups in total. The number of fused-ring (bicyclic) bond motifs is 5. The summed E-state index contributed by atoms with van der Waals surface area (Å²) in [7, 11) is 0. The van der Waals surface area contributed by atoms with E-state index < -0.39 is 0 Å². The molecule has 186 valence electrons. The van der Waals surface area contributed by atoms with Crippen molar-refractivity contribution in [1.82, 2.24) is 4.90 Å². The van der Waals surface area contributed by atoms with Crippen molar-refractivity contribution in [3.8, 4) is 0 Å². The fourth-order valence-corrected chi connectivity index (χ4v) is 9.97. The standard InChI is InChI=1S/C32H53N/c1-9-12-25-15-18-30(6)26(22-25)13-14-27-28(30)16-20-32(8)29(27)17-19-31(32,7)23(4)24(5)33(11-3)21-10-2/h10-11,21,24-29H,3-4,9,12-20,22H2,1-2,5-8H3/b21-10-. The Morgan fingerprint density at radius 3 is 2.42 bits per heavy atom. The highest BCUT2D eigenvalue weighted by atomic mass is 15.1. The van der Waals surface area contributed by atoms with E-state index in [2.05, 4.69) is 65.3 Å². The smallest absolute Gasteiger partial charge is 0.0514 e. The van der Waals surface area contributed by atoms with E-state index in [-0.39, 0.29) is 5.41 Å². The molecule has 4 aliphatic carbocycles. The van der Waals surface area contributed by atoms with Crippen molar-refractivity contribution in [3.05, 3.63) is 37.2 Å². The predicted octanol–water partition coefficient (Wildman–Crippen LogP) is 9.38. The summed E-state index contributed by atoms with van der Waals surface area (Å²) in [6.07, 6.45) is 22.2. The molecule has 0 radical (unpaired) electrons. The third-order valence-corrected chi connectivity index (χ3v) is 12.3. The van der Waals surface area contributed by atoms with Crippen molar-refractivity contribution in [3.63, 3.8) is 0 Å². The van der Waals surface area contributed by atoms with Crippen LogP contribution in [0, 0.1) is 45.8 Å². The van der Waals surface area contributed by atoms with E-state index in [0.29, 0.717) is 16.9 Å². The van der Waals surface area contributed by atoms with E-state index in [1.54, 1.807) is 0 Å². The number of allylic oxidation sites excluding steroid dienone is 1. The maximum absolute atomic E-state index is 4.78. The lowest BCUT2D eigenvalue weighted by Crippen LogP contribution is -2.55. The van der Waals surface area contributed by atoms with Crippen molar-refractivity contribution in [2.75, 3.05) is 0 Å². The first-order valence-electron chi connectivity index (χ1n) is 14.4. The van der Waals surface area contributed by atoms with Crippen molar-refractivity contribution in [2.24, 2.45) is 45.8 Å². The number of rotatable bonds is 7. The lowest BCUT2D eigenvalue weighted by Gasteiger charge is -2.62. The first kappa shape index (κ1) is 25.1. The van der Waals surface area contributed by atoms with Crippen LogP contribution in [0.15, 0.2) is 37.2 Å². The van der Waals surface area contributed by atoms with Gasteiger partial charge in [0.15, 0.2) is 0 Å². The maximum Gasteiger partial charge on any atom is 0.0514 e. The predicted molar refractivity (Wildman–Crippen MR) is 144 cm³/mol. The molecule has 0 saturated heterocycles. The van der Waals surface area contributed by atoms with E-state index in [0.717, 1.165) is 29.6 Å². The zero-order chi connectivity index (χ0) is 24.0. The molecule has 0 aromatic carbocycles. The average molecular weight is 452 g/mol. The monoisotopic (exact) mass is 451 g/mol. The summed E-state index contributed by atoms with van der Waals surface area (Å²) in [5.74, 6) is 4.82. The van der Waals surface area contributed by atoms with Gasteiger partial charge in [-0.25, -0.2) is 0 Å². The van der Waals surface area contributed by atoms with Crippen LogP contribution in [0.25, 0.3) is 0 Å². The summed E-state index contributed by atoms with van der Waals surface area (Å²) < 4.78 is 0. The molecule has 4 aliphatic rings. The van der Waals surface area contributed by atoms with Crippen molar-refractivity contribution in [1.29, 1.82) is 0 Å².